The number of sulfonamides is 2. The Labute approximate surface area is 136 Å². The van der Waals surface area contributed by atoms with Gasteiger partial charge in [0.1, 0.15) is 5.82 Å². The van der Waals surface area contributed by atoms with Gasteiger partial charge in [-0.2, -0.15) is 0 Å². The summed E-state index contributed by atoms with van der Waals surface area (Å²) in [4.78, 5) is 0. The monoisotopic (exact) mass is 364 g/mol. The lowest BCUT2D eigenvalue weighted by Gasteiger charge is -2.13. The number of rotatable bonds is 8. The van der Waals surface area contributed by atoms with Crippen molar-refractivity contribution >= 4 is 20.0 Å². The molecular weight excluding hydrogens is 343 g/mol. The second kappa shape index (κ2) is 7.69. The van der Waals surface area contributed by atoms with E-state index < -0.39 is 25.9 Å². The quantitative estimate of drug-likeness (QED) is 0.723. The largest absolute Gasteiger partial charge is 0.215 e. The van der Waals surface area contributed by atoms with E-state index in [9.17, 15) is 21.2 Å². The Hall–Kier alpha value is -1.03. The fourth-order valence-corrected chi connectivity index (χ4v) is 5.05. The number of hydrogen-bond acceptors (Lipinski definition) is 4. The average molecular weight is 364 g/mol. The van der Waals surface area contributed by atoms with Crippen molar-refractivity contribution in [2.75, 3.05) is 12.3 Å². The van der Waals surface area contributed by atoms with Gasteiger partial charge < -0.3 is 0 Å². The molecule has 0 radical (unpaired) electrons. The molecule has 1 saturated carbocycles. The topological polar surface area (TPSA) is 92.3 Å². The van der Waals surface area contributed by atoms with Crippen molar-refractivity contribution in [3.63, 3.8) is 0 Å². The summed E-state index contributed by atoms with van der Waals surface area (Å²) in [5.41, 5.74) is 0.436. The zero-order valence-electron chi connectivity index (χ0n) is 12.7. The maximum Gasteiger partial charge on any atom is 0.215 e. The van der Waals surface area contributed by atoms with Crippen LogP contribution in [0.15, 0.2) is 24.3 Å². The van der Waals surface area contributed by atoms with Gasteiger partial charge in [0.25, 0.3) is 0 Å². The van der Waals surface area contributed by atoms with Gasteiger partial charge in [0, 0.05) is 12.6 Å². The molecule has 1 aromatic rings. The predicted octanol–water partition coefficient (Wildman–Crippen LogP) is 1.11. The minimum Gasteiger partial charge on any atom is -0.214 e. The normalized spacial score (nSPS) is 16.7. The highest BCUT2D eigenvalue weighted by atomic mass is 32.2. The van der Waals surface area contributed by atoms with Crippen LogP contribution in [0.1, 0.15) is 31.2 Å². The van der Waals surface area contributed by atoms with Crippen LogP contribution in [-0.4, -0.2) is 35.2 Å². The van der Waals surface area contributed by atoms with Gasteiger partial charge in [-0.3, -0.25) is 0 Å². The minimum atomic E-state index is -3.66. The molecule has 0 saturated heterocycles. The first-order valence-electron chi connectivity index (χ1n) is 7.47. The minimum absolute atomic E-state index is 0.0316. The van der Waals surface area contributed by atoms with Crippen LogP contribution in [0.25, 0.3) is 0 Å². The maximum absolute atomic E-state index is 12.8. The molecule has 1 aliphatic rings. The van der Waals surface area contributed by atoms with E-state index in [0.29, 0.717) is 5.56 Å². The van der Waals surface area contributed by atoms with Crippen LogP contribution in [0.2, 0.25) is 0 Å². The molecule has 0 bridgehead atoms. The van der Waals surface area contributed by atoms with E-state index in [-0.39, 0.29) is 24.1 Å². The van der Waals surface area contributed by atoms with Gasteiger partial charge in [-0.15, -0.1) is 0 Å². The first-order chi connectivity index (χ1) is 10.8. The van der Waals surface area contributed by atoms with Gasteiger partial charge in [0.05, 0.1) is 11.5 Å². The van der Waals surface area contributed by atoms with Crippen molar-refractivity contribution < 1.29 is 21.2 Å². The van der Waals surface area contributed by atoms with Crippen LogP contribution in [0, 0.1) is 5.82 Å². The zero-order chi connectivity index (χ0) is 16.9. The molecule has 0 spiro atoms. The molecule has 9 heteroatoms. The summed E-state index contributed by atoms with van der Waals surface area (Å²) in [6.07, 6.45) is 3.68. The Balaban J connectivity index is 1.80. The van der Waals surface area contributed by atoms with E-state index in [0.717, 1.165) is 25.7 Å². The summed E-state index contributed by atoms with van der Waals surface area (Å²) >= 11 is 0. The highest BCUT2D eigenvalue weighted by molar-refractivity contribution is 7.90. The Bertz CT molecular complexity index is 712. The summed E-state index contributed by atoms with van der Waals surface area (Å²) in [6, 6.07) is 5.09. The van der Waals surface area contributed by atoms with Crippen molar-refractivity contribution in [3.8, 4) is 0 Å². The van der Waals surface area contributed by atoms with Crippen molar-refractivity contribution in [3.05, 3.63) is 35.6 Å². The highest BCUT2D eigenvalue weighted by Crippen LogP contribution is 2.18. The molecular formula is C14H21FN2O4S2. The molecule has 23 heavy (non-hydrogen) atoms. The number of hydrogen-bond donors (Lipinski definition) is 2. The van der Waals surface area contributed by atoms with Crippen LogP contribution in [0.4, 0.5) is 4.39 Å². The molecule has 2 rings (SSSR count). The number of nitrogens with one attached hydrogen (secondary N) is 2. The first-order valence-corrected chi connectivity index (χ1v) is 10.8. The summed E-state index contributed by atoms with van der Waals surface area (Å²) in [7, 11) is -7.15. The fraction of sp³-hybridized carbons (Fsp3) is 0.571. The highest BCUT2D eigenvalue weighted by Gasteiger charge is 2.21. The SMILES string of the molecule is O=S(=O)(Cc1ccc(F)cc1)NCCS(=O)(=O)NC1CCCC1. The molecule has 0 aliphatic heterocycles. The first kappa shape index (κ1) is 18.3. The average Bonchev–Trinajstić information content (AvgIpc) is 2.92. The summed E-state index contributed by atoms with van der Waals surface area (Å²) in [6.45, 7) is -0.189. The lowest BCUT2D eigenvalue weighted by Crippen LogP contribution is -2.38. The molecule has 1 fully saturated rings. The van der Waals surface area contributed by atoms with Gasteiger partial charge in [-0.05, 0) is 30.5 Å². The number of benzene rings is 1. The molecule has 1 aromatic carbocycles. The molecule has 0 unspecified atom stereocenters. The van der Waals surface area contributed by atoms with Crippen molar-refractivity contribution in [1.82, 2.24) is 9.44 Å². The molecule has 6 nitrogen and oxygen atoms in total. The van der Waals surface area contributed by atoms with E-state index in [4.69, 9.17) is 0 Å². The Morgan fingerprint density at radius 3 is 2.22 bits per heavy atom. The standard InChI is InChI=1S/C14H21FN2O4S2/c15-13-7-5-12(6-8-13)11-23(20,21)16-9-10-22(18,19)17-14-3-1-2-4-14/h5-8,14,16-17H,1-4,9-11H2. The van der Waals surface area contributed by atoms with Gasteiger partial charge in [0.15, 0.2) is 0 Å². The van der Waals surface area contributed by atoms with Crippen LogP contribution in [0.5, 0.6) is 0 Å². The smallest absolute Gasteiger partial charge is 0.214 e. The van der Waals surface area contributed by atoms with Gasteiger partial charge in [0.2, 0.25) is 20.0 Å². The summed E-state index contributed by atoms with van der Waals surface area (Å²) in [5, 5.41) is 0. The lowest BCUT2D eigenvalue weighted by atomic mass is 10.2. The van der Waals surface area contributed by atoms with Crippen LogP contribution < -0.4 is 9.44 Å². The molecule has 0 atom stereocenters. The van der Waals surface area contributed by atoms with E-state index in [1.54, 1.807) is 0 Å². The second-order valence-corrected chi connectivity index (χ2v) is 9.38. The number of halogens is 1. The van der Waals surface area contributed by atoms with Crippen molar-refractivity contribution in [1.29, 1.82) is 0 Å². The van der Waals surface area contributed by atoms with Crippen LogP contribution >= 0.6 is 0 Å². The summed E-state index contributed by atoms with van der Waals surface area (Å²) < 4.78 is 65.2. The van der Waals surface area contributed by atoms with Crippen molar-refractivity contribution in [2.24, 2.45) is 0 Å². The van der Waals surface area contributed by atoms with Gasteiger partial charge in [-0.1, -0.05) is 25.0 Å². The maximum atomic E-state index is 12.8. The third-order valence-corrected chi connectivity index (χ3v) is 6.46. The zero-order valence-corrected chi connectivity index (χ0v) is 14.3. The van der Waals surface area contributed by atoms with Crippen LogP contribution in [-0.2, 0) is 25.8 Å². The third-order valence-electron chi connectivity index (χ3n) is 3.66. The molecule has 0 amide bonds. The van der Waals surface area contributed by atoms with Gasteiger partial charge in [-0.25, -0.2) is 30.7 Å². The molecule has 0 aromatic heterocycles. The lowest BCUT2D eigenvalue weighted by molar-refractivity contribution is 0.550. The third kappa shape index (κ3) is 6.54. The Kier molecular flexibility index (Phi) is 6.12. The van der Waals surface area contributed by atoms with Crippen LogP contribution in [0.3, 0.4) is 0 Å². The van der Waals surface area contributed by atoms with E-state index in [2.05, 4.69) is 9.44 Å². The van der Waals surface area contributed by atoms with Gasteiger partial charge >= 0.3 is 0 Å². The molecule has 130 valence electrons. The fourth-order valence-electron chi connectivity index (χ4n) is 2.54. The Morgan fingerprint density at radius 2 is 1.61 bits per heavy atom. The van der Waals surface area contributed by atoms with Crippen molar-refractivity contribution in [2.45, 2.75) is 37.5 Å². The van der Waals surface area contributed by atoms with E-state index in [1.807, 2.05) is 0 Å². The van der Waals surface area contributed by atoms with E-state index >= 15 is 0 Å². The van der Waals surface area contributed by atoms with E-state index in [1.165, 1.54) is 24.3 Å². The Morgan fingerprint density at radius 1 is 1.00 bits per heavy atom. The second-order valence-electron chi connectivity index (χ2n) is 5.70. The molecule has 1 aliphatic carbocycles. The molecule has 2 N–H and O–H groups in total. The predicted molar refractivity (Wildman–Crippen MR) is 86.2 cm³/mol. The summed E-state index contributed by atoms with van der Waals surface area (Å²) in [5.74, 6) is -1.06. The molecule has 0 heterocycles.